The lowest BCUT2D eigenvalue weighted by Crippen LogP contribution is -2.58. The van der Waals surface area contributed by atoms with Gasteiger partial charge in [-0.15, -0.1) is 0 Å². The Labute approximate surface area is 198 Å². The minimum Gasteiger partial charge on any atom is -0.466 e. The lowest BCUT2D eigenvalue weighted by Gasteiger charge is -2.41. The van der Waals surface area contributed by atoms with Crippen molar-refractivity contribution in [2.75, 3.05) is 19.6 Å². The number of rotatable bonds is 6. The zero-order valence-corrected chi connectivity index (χ0v) is 19.6. The van der Waals surface area contributed by atoms with Gasteiger partial charge in [0.2, 0.25) is 0 Å². The van der Waals surface area contributed by atoms with Crippen molar-refractivity contribution in [3.05, 3.63) is 58.8 Å². The summed E-state index contributed by atoms with van der Waals surface area (Å²) in [5.41, 5.74) is 0.283. The molecule has 1 aromatic heterocycles. The van der Waals surface area contributed by atoms with Crippen molar-refractivity contribution in [2.24, 2.45) is 11.8 Å². The first-order chi connectivity index (χ1) is 16.3. The van der Waals surface area contributed by atoms with Crippen molar-refractivity contribution in [3.63, 3.8) is 0 Å². The van der Waals surface area contributed by atoms with Gasteiger partial charge in [0.05, 0.1) is 5.56 Å². The molecule has 1 saturated carbocycles. The van der Waals surface area contributed by atoms with E-state index < -0.39 is 5.54 Å². The van der Waals surface area contributed by atoms with Crippen molar-refractivity contribution >= 4 is 17.8 Å². The van der Waals surface area contributed by atoms with Crippen molar-refractivity contribution < 1.29 is 23.2 Å². The van der Waals surface area contributed by atoms with E-state index in [9.17, 15) is 18.8 Å². The predicted molar refractivity (Wildman–Crippen MR) is 123 cm³/mol. The minimum atomic E-state index is -1.08. The average molecular weight is 468 g/mol. The summed E-state index contributed by atoms with van der Waals surface area (Å²) in [6, 6.07) is 7.51. The van der Waals surface area contributed by atoms with Gasteiger partial charge in [0.1, 0.15) is 22.9 Å². The molecule has 4 amide bonds. The molecule has 5 rings (SSSR count). The fraction of sp³-hybridized carbons (Fsp3) is 0.500. The highest BCUT2D eigenvalue weighted by Gasteiger charge is 2.56. The molecule has 8 heteroatoms. The molecular formula is C26H30FN3O4. The van der Waals surface area contributed by atoms with Gasteiger partial charge in [0.15, 0.2) is 0 Å². The maximum atomic E-state index is 13.7. The molecule has 2 aliphatic heterocycles. The molecule has 1 atom stereocenters. The quantitative estimate of drug-likeness (QED) is 0.655. The average Bonchev–Trinajstić information content (AvgIpc) is 3.54. The summed E-state index contributed by atoms with van der Waals surface area (Å²) >= 11 is 0. The van der Waals surface area contributed by atoms with Crippen LogP contribution in [0.4, 0.5) is 9.18 Å². The van der Waals surface area contributed by atoms with Gasteiger partial charge in [-0.05, 0) is 75.1 Å². The number of carbonyl (C=O) groups is 3. The van der Waals surface area contributed by atoms with Crippen LogP contribution in [-0.4, -0.2) is 52.8 Å². The number of benzene rings is 1. The Hall–Kier alpha value is -3.16. The molecule has 0 spiro atoms. The van der Waals surface area contributed by atoms with Gasteiger partial charge in [0, 0.05) is 26.1 Å². The SMILES string of the molecule is Cc1cc(C(=O)N2CCC(C3(Cc4ccc(F)cc4)NC(=O)N(CC4CC4)C3=O)CC2)c(C)o1. The number of hydrogen-bond donors (Lipinski definition) is 1. The third-order valence-corrected chi connectivity index (χ3v) is 7.49. The van der Waals surface area contributed by atoms with E-state index in [1.807, 2.05) is 6.92 Å². The molecule has 0 radical (unpaired) electrons. The molecule has 2 aromatic rings. The van der Waals surface area contributed by atoms with E-state index in [0.717, 1.165) is 18.4 Å². The highest BCUT2D eigenvalue weighted by atomic mass is 19.1. The normalized spacial score (nSPS) is 23.5. The summed E-state index contributed by atoms with van der Waals surface area (Å²) in [6.07, 6.45) is 3.56. The van der Waals surface area contributed by atoms with Gasteiger partial charge in [-0.2, -0.15) is 0 Å². The molecule has 1 unspecified atom stereocenters. The first kappa shape index (κ1) is 22.6. The summed E-state index contributed by atoms with van der Waals surface area (Å²) in [6.45, 7) is 5.03. The Balaban J connectivity index is 1.37. The number of likely N-dealkylation sites (tertiary alicyclic amines) is 1. The van der Waals surface area contributed by atoms with Crippen molar-refractivity contribution in [3.8, 4) is 0 Å². The van der Waals surface area contributed by atoms with E-state index in [2.05, 4.69) is 5.32 Å². The van der Waals surface area contributed by atoms with Crippen LogP contribution in [0.5, 0.6) is 0 Å². The van der Waals surface area contributed by atoms with Crippen LogP contribution < -0.4 is 5.32 Å². The molecule has 34 heavy (non-hydrogen) atoms. The van der Waals surface area contributed by atoms with Crippen LogP contribution in [0, 0.1) is 31.5 Å². The van der Waals surface area contributed by atoms with Crippen LogP contribution in [-0.2, 0) is 11.2 Å². The summed E-state index contributed by atoms with van der Waals surface area (Å²) in [5.74, 6) is 0.950. The number of nitrogens with one attached hydrogen (secondary N) is 1. The van der Waals surface area contributed by atoms with Gasteiger partial charge in [-0.3, -0.25) is 14.5 Å². The maximum Gasteiger partial charge on any atom is 0.325 e. The number of urea groups is 1. The lowest BCUT2D eigenvalue weighted by molar-refractivity contribution is -0.134. The number of amides is 4. The molecule has 2 saturated heterocycles. The van der Waals surface area contributed by atoms with E-state index in [1.165, 1.54) is 17.0 Å². The molecule has 3 aliphatic rings. The van der Waals surface area contributed by atoms with Crippen LogP contribution in [0.15, 0.2) is 34.7 Å². The number of hydrogen-bond acceptors (Lipinski definition) is 4. The molecule has 7 nitrogen and oxygen atoms in total. The first-order valence-electron chi connectivity index (χ1n) is 12.0. The number of furan rings is 1. The Morgan fingerprint density at radius 2 is 1.79 bits per heavy atom. The molecule has 3 heterocycles. The Morgan fingerprint density at radius 3 is 2.38 bits per heavy atom. The predicted octanol–water partition coefficient (Wildman–Crippen LogP) is 3.83. The van der Waals surface area contributed by atoms with Crippen LogP contribution >= 0.6 is 0 Å². The second-order valence-electron chi connectivity index (χ2n) is 9.96. The molecular weight excluding hydrogens is 437 g/mol. The molecule has 1 N–H and O–H groups in total. The van der Waals surface area contributed by atoms with Gasteiger partial charge < -0.3 is 14.6 Å². The van der Waals surface area contributed by atoms with Crippen molar-refractivity contribution in [1.82, 2.24) is 15.1 Å². The fourth-order valence-corrected chi connectivity index (χ4v) is 5.42. The molecule has 3 fully saturated rings. The van der Waals surface area contributed by atoms with Crippen molar-refractivity contribution in [1.29, 1.82) is 0 Å². The van der Waals surface area contributed by atoms with Gasteiger partial charge in [0.25, 0.3) is 11.8 Å². The second-order valence-corrected chi connectivity index (χ2v) is 9.96. The van der Waals surface area contributed by atoms with Gasteiger partial charge in [-0.1, -0.05) is 12.1 Å². The highest BCUT2D eigenvalue weighted by molar-refractivity contribution is 6.07. The summed E-state index contributed by atoms with van der Waals surface area (Å²) in [5, 5.41) is 3.05. The van der Waals surface area contributed by atoms with Gasteiger partial charge >= 0.3 is 6.03 Å². The molecule has 1 aromatic carbocycles. The maximum absolute atomic E-state index is 13.7. The minimum absolute atomic E-state index is 0.0717. The zero-order valence-electron chi connectivity index (χ0n) is 19.6. The largest absolute Gasteiger partial charge is 0.466 e. The molecule has 180 valence electrons. The van der Waals surface area contributed by atoms with Gasteiger partial charge in [-0.25, -0.2) is 9.18 Å². The first-order valence-corrected chi connectivity index (χ1v) is 12.0. The van der Waals surface area contributed by atoms with E-state index in [4.69, 9.17) is 4.42 Å². The van der Waals surface area contributed by atoms with E-state index in [1.54, 1.807) is 30.0 Å². The number of halogens is 1. The summed E-state index contributed by atoms with van der Waals surface area (Å²) in [4.78, 5) is 42.9. The van der Waals surface area contributed by atoms with E-state index in [0.29, 0.717) is 61.9 Å². The number of imide groups is 1. The Kier molecular flexibility index (Phi) is 5.70. The standard InChI is InChI=1S/C26H30FN3O4/c1-16-13-22(17(2)34-16)23(31)29-11-9-20(10-12-29)26(14-18-5-7-21(27)8-6-18)24(32)30(25(33)28-26)15-19-3-4-19/h5-8,13,19-20H,3-4,9-12,14-15H2,1-2H3,(H,28,33). The number of piperidine rings is 1. The number of carbonyl (C=O) groups excluding carboxylic acids is 3. The molecule has 0 bridgehead atoms. The van der Waals surface area contributed by atoms with Crippen LogP contribution in [0.1, 0.15) is 53.1 Å². The summed E-state index contributed by atoms with van der Waals surface area (Å²) < 4.78 is 19.0. The Morgan fingerprint density at radius 1 is 1.12 bits per heavy atom. The smallest absolute Gasteiger partial charge is 0.325 e. The second kappa shape index (κ2) is 8.56. The van der Waals surface area contributed by atoms with Crippen LogP contribution in [0.25, 0.3) is 0 Å². The monoisotopic (exact) mass is 467 g/mol. The van der Waals surface area contributed by atoms with Crippen LogP contribution in [0.2, 0.25) is 0 Å². The van der Waals surface area contributed by atoms with E-state index >= 15 is 0 Å². The molecule has 1 aliphatic carbocycles. The van der Waals surface area contributed by atoms with Crippen molar-refractivity contribution in [2.45, 2.75) is 51.5 Å². The van der Waals surface area contributed by atoms with E-state index in [-0.39, 0.29) is 29.6 Å². The highest BCUT2D eigenvalue weighted by Crippen LogP contribution is 2.39. The fourth-order valence-electron chi connectivity index (χ4n) is 5.42. The Bertz CT molecular complexity index is 1120. The topological polar surface area (TPSA) is 82.9 Å². The third-order valence-electron chi connectivity index (χ3n) is 7.49. The lowest BCUT2D eigenvalue weighted by atomic mass is 9.73. The zero-order chi connectivity index (χ0) is 24.0. The number of nitrogens with zero attached hydrogens (tertiary/aromatic N) is 2. The number of aryl methyl sites for hydroxylation is 2. The van der Waals surface area contributed by atoms with Crippen LogP contribution in [0.3, 0.4) is 0 Å². The summed E-state index contributed by atoms with van der Waals surface area (Å²) in [7, 11) is 0. The third kappa shape index (κ3) is 4.10.